The van der Waals surface area contributed by atoms with Crippen LogP contribution in [0, 0.1) is 0 Å². The molecule has 0 aliphatic heterocycles. The van der Waals surface area contributed by atoms with Crippen LogP contribution in [0.4, 0.5) is 5.69 Å². The number of nitrogens with zero attached hydrogens (tertiary/aromatic N) is 1. The van der Waals surface area contributed by atoms with Crippen molar-refractivity contribution in [3.63, 3.8) is 0 Å². The summed E-state index contributed by atoms with van der Waals surface area (Å²) in [5.41, 5.74) is 0.378. The lowest BCUT2D eigenvalue weighted by Crippen LogP contribution is -2.13. The number of anilines is 1. The molecule has 1 heterocycles. The van der Waals surface area contributed by atoms with Gasteiger partial charge in [0.2, 0.25) is 0 Å². The Morgan fingerprint density at radius 2 is 1.76 bits per heavy atom. The lowest BCUT2D eigenvalue weighted by Gasteiger charge is -2.10. The second-order valence-electron chi connectivity index (χ2n) is 4.45. The van der Waals surface area contributed by atoms with Gasteiger partial charge in [0.05, 0.1) is 10.6 Å². The number of nitrogens with one attached hydrogen (secondary N) is 1. The lowest BCUT2D eigenvalue weighted by atomic mass is 10.1. The fourth-order valence-electron chi connectivity index (χ4n) is 2.11. The number of hydrogen-bond acceptors (Lipinski definition) is 3. The van der Waals surface area contributed by atoms with Gasteiger partial charge in [-0.05, 0) is 23.6 Å². The average Bonchev–Trinajstić information content (AvgIpc) is 2.46. The van der Waals surface area contributed by atoms with Gasteiger partial charge in [0.1, 0.15) is 5.15 Å². The highest BCUT2D eigenvalue weighted by atomic mass is 35.5. The summed E-state index contributed by atoms with van der Waals surface area (Å²) in [4.78, 5) is 4.05. The molecule has 6 heteroatoms. The quantitative estimate of drug-likeness (QED) is 0.749. The van der Waals surface area contributed by atoms with E-state index in [1.54, 1.807) is 24.3 Å². The average molecular weight is 319 g/mol. The maximum absolute atomic E-state index is 12.6. The summed E-state index contributed by atoms with van der Waals surface area (Å²) >= 11 is 5.77. The van der Waals surface area contributed by atoms with E-state index in [0.717, 1.165) is 5.39 Å². The second kappa shape index (κ2) is 5.35. The van der Waals surface area contributed by atoms with E-state index in [-0.39, 0.29) is 10.0 Å². The highest BCUT2D eigenvalue weighted by molar-refractivity contribution is 7.93. The molecule has 106 valence electrons. The topological polar surface area (TPSA) is 59.1 Å². The number of benzene rings is 2. The van der Waals surface area contributed by atoms with Crippen LogP contribution in [0.2, 0.25) is 5.15 Å². The predicted octanol–water partition coefficient (Wildman–Crippen LogP) is 3.69. The molecule has 0 amide bonds. The van der Waals surface area contributed by atoms with Crippen molar-refractivity contribution in [2.75, 3.05) is 4.72 Å². The Kier molecular flexibility index (Phi) is 3.53. The molecule has 0 saturated heterocycles. The Bertz CT molecular complexity index is 905. The van der Waals surface area contributed by atoms with Crippen molar-refractivity contribution in [1.29, 1.82) is 0 Å². The van der Waals surface area contributed by atoms with Gasteiger partial charge in [-0.2, -0.15) is 0 Å². The van der Waals surface area contributed by atoms with E-state index in [9.17, 15) is 8.42 Å². The summed E-state index contributed by atoms with van der Waals surface area (Å²) in [6.07, 6.45) is 1.45. The molecule has 4 nitrogen and oxygen atoms in total. The standard InChI is InChI=1S/C15H11ClN2O2S/c16-15-10-12(8-9-17-15)18-21(19,20)14-7-3-5-11-4-1-2-6-13(11)14/h1-10H,(H,17,18). The van der Waals surface area contributed by atoms with E-state index in [0.29, 0.717) is 11.1 Å². The minimum Gasteiger partial charge on any atom is -0.279 e. The van der Waals surface area contributed by atoms with Gasteiger partial charge < -0.3 is 0 Å². The first-order valence-electron chi connectivity index (χ1n) is 6.18. The first-order valence-corrected chi connectivity index (χ1v) is 8.04. The van der Waals surface area contributed by atoms with E-state index >= 15 is 0 Å². The first kappa shape index (κ1) is 13.9. The van der Waals surface area contributed by atoms with Crippen LogP contribution in [0.25, 0.3) is 10.8 Å². The minimum absolute atomic E-state index is 0.230. The van der Waals surface area contributed by atoms with E-state index < -0.39 is 10.0 Å². The monoisotopic (exact) mass is 318 g/mol. The molecule has 3 rings (SSSR count). The summed E-state index contributed by atoms with van der Waals surface area (Å²) < 4.78 is 27.6. The van der Waals surface area contributed by atoms with Crippen LogP contribution in [-0.4, -0.2) is 13.4 Å². The number of fused-ring (bicyclic) bond motifs is 1. The van der Waals surface area contributed by atoms with Crippen molar-refractivity contribution in [2.24, 2.45) is 0 Å². The lowest BCUT2D eigenvalue weighted by molar-refractivity contribution is 0.602. The number of hydrogen-bond donors (Lipinski definition) is 1. The van der Waals surface area contributed by atoms with Gasteiger partial charge >= 0.3 is 0 Å². The Hall–Kier alpha value is -2.11. The molecular formula is C15H11ClN2O2S. The van der Waals surface area contributed by atoms with Crippen molar-refractivity contribution in [3.8, 4) is 0 Å². The zero-order valence-corrected chi connectivity index (χ0v) is 12.4. The molecule has 0 atom stereocenters. The summed E-state index contributed by atoms with van der Waals surface area (Å²) in [6.45, 7) is 0. The third-order valence-electron chi connectivity index (χ3n) is 3.02. The summed E-state index contributed by atoms with van der Waals surface area (Å²) in [7, 11) is -3.69. The van der Waals surface area contributed by atoms with Crippen LogP contribution in [0.1, 0.15) is 0 Å². The molecule has 0 aliphatic rings. The molecule has 3 aromatic rings. The molecule has 0 unspecified atom stereocenters. The normalized spacial score (nSPS) is 11.5. The second-order valence-corrected chi connectivity index (χ2v) is 6.49. The molecule has 1 N–H and O–H groups in total. The van der Waals surface area contributed by atoms with Crippen LogP contribution in [-0.2, 0) is 10.0 Å². The van der Waals surface area contributed by atoms with Crippen LogP contribution < -0.4 is 4.72 Å². The Balaban J connectivity index is 2.09. The predicted molar refractivity (Wildman–Crippen MR) is 84.0 cm³/mol. The van der Waals surface area contributed by atoms with Crippen LogP contribution in [0.5, 0.6) is 0 Å². The molecular weight excluding hydrogens is 308 g/mol. The Morgan fingerprint density at radius 1 is 1.00 bits per heavy atom. The van der Waals surface area contributed by atoms with E-state index in [1.165, 1.54) is 12.3 Å². The minimum atomic E-state index is -3.69. The fourth-order valence-corrected chi connectivity index (χ4v) is 3.56. The number of sulfonamides is 1. The van der Waals surface area contributed by atoms with Crippen molar-refractivity contribution in [3.05, 3.63) is 65.9 Å². The van der Waals surface area contributed by atoms with Crippen molar-refractivity contribution in [1.82, 2.24) is 4.98 Å². The van der Waals surface area contributed by atoms with E-state index in [4.69, 9.17) is 11.6 Å². The number of halogens is 1. The van der Waals surface area contributed by atoms with Crippen LogP contribution in [0.15, 0.2) is 65.7 Å². The van der Waals surface area contributed by atoms with Crippen molar-refractivity contribution in [2.45, 2.75) is 4.90 Å². The van der Waals surface area contributed by atoms with Gasteiger partial charge in [-0.1, -0.05) is 48.0 Å². The number of rotatable bonds is 3. The maximum Gasteiger partial charge on any atom is 0.262 e. The molecule has 0 aliphatic carbocycles. The van der Waals surface area contributed by atoms with Crippen molar-refractivity contribution < 1.29 is 8.42 Å². The van der Waals surface area contributed by atoms with Gasteiger partial charge in [-0.25, -0.2) is 13.4 Å². The first-order chi connectivity index (χ1) is 10.1. The molecule has 0 bridgehead atoms. The molecule has 0 fully saturated rings. The summed E-state index contributed by atoms with van der Waals surface area (Å²) in [5, 5.41) is 1.77. The highest BCUT2D eigenvalue weighted by Gasteiger charge is 2.17. The third kappa shape index (κ3) is 2.84. The zero-order valence-electron chi connectivity index (χ0n) is 10.8. The summed E-state index contributed by atoms with van der Waals surface area (Å²) in [5.74, 6) is 0. The van der Waals surface area contributed by atoms with E-state index in [1.807, 2.05) is 24.3 Å². The third-order valence-corrected chi connectivity index (χ3v) is 4.66. The summed E-state index contributed by atoms with van der Waals surface area (Å²) in [6, 6.07) is 15.5. The van der Waals surface area contributed by atoms with Crippen LogP contribution in [0.3, 0.4) is 0 Å². The fraction of sp³-hybridized carbons (Fsp3) is 0. The number of pyridine rings is 1. The molecule has 0 radical (unpaired) electrons. The van der Waals surface area contributed by atoms with Gasteiger partial charge in [0.15, 0.2) is 0 Å². The smallest absolute Gasteiger partial charge is 0.262 e. The number of aromatic nitrogens is 1. The molecule has 2 aromatic carbocycles. The van der Waals surface area contributed by atoms with Gasteiger partial charge in [-0.15, -0.1) is 0 Å². The molecule has 0 saturated carbocycles. The van der Waals surface area contributed by atoms with E-state index in [2.05, 4.69) is 9.71 Å². The van der Waals surface area contributed by atoms with Gasteiger partial charge in [0.25, 0.3) is 10.0 Å². The Labute approximate surface area is 127 Å². The molecule has 0 spiro atoms. The zero-order chi connectivity index (χ0) is 14.9. The highest BCUT2D eigenvalue weighted by Crippen LogP contribution is 2.25. The van der Waals surface area contributed by atoms with Gasteiger partial charge in [-0.3, -0.25) is 4.72 Å². The SMILES string of the molecule is O=S(=O)(Nc1ccnc(Cl)c1)c1cccc2ccccc12. The van der Waals surface area contributed by atoms with Crippen LogP contribution >= 0.6 is 11.6 Å². The van der Waals surface area contributed by atoms with Gasteiger partial charge in [0, 0.05) is 11.6 Å². The Morgan fingerprint density at radius 3 is 2.57 bits per heavy atom. The van der Waals surface area contributed by atoms with Crippen molar-refractivity contribution >= 4 is 38.1 Å². The maximum atomic E-state index is 12.6. The largest absolute Gasteiger partial charge is 0.279 e. The molecule has 1 aromatic heterocycles. The molecule has 21 heavy (non-hydrogen) atoms.